The lowest BCUT2D eigenvalue weighted by molar-refractivity contribution is -0.147. The van der Waals surface area contributed by atoms with Gasteiger partial charge in [-0.05, 0) is 36.6 Å². The third-order valence-electron chi connectivity index (χ3n) is 6.95. The van der Waals surface area contributed by atoms with Gasteiger partial charge in [-0.2, -0.15) is 0 Å². The highest BCUT2D eigenvalue weighted by Crippen LogP contribution is 2.19. The standard InChI is InChI=1S/C30H38N6O7/c31-13-7-6-11-21(32)27(39)34-24(15-19-17-33-22-12-5-4-10-20(19)22)29(41)35-23(14-18-8-2-1-3-9-18)28(40)36-25(30(42)43)16-26(37)38/h1-5,8-10,12,17,21,23-25,33H,6-7,11,13-16,31-32H2,(H,34,39)(H,35,41)(H,36,40)(H,37,38)(H,42,43)/t21-,23+,24+,25+/m1/s1. The first-order valence-corrected chi connectivity index (χ1v) is 14.0. The molecule has 43 heavy (non-hydrogen) atoms. The van der Waals surface area contributed by atoms with Crippen molar-refractivity contribution < 1.29 is 34.2 Å². The lowest BCUT2D eigenvalue weighted by atomic mass is 10.0. The fraction of sp³-hybridized carbons (Fsp3) is 0.367. The Bertz CT molecular complexity index is 1410. The number of carbonyl (C=O) groups is 5. The number of aromatic nitrogens is 1. The van der Waals surface area contributed by atoms with E-state index in [9.17, 15) is 29.1 Å². The Morgan fingerprint density at radius 3 is 2.02 bits per heavy atom. The summed E-state index contributed by atoms with van der Waals surface area (Å²) in [7, 11) is 0. The van der Waals surface area contributed by atoms with Gasteiger partial charge in [0.25, 0.3) is 0 Å². The molecule has 0 radical (unpaired) electrons. The number of nitrogens with one attached hydrogen (secondary N) is 4. The molecule has 0 saturated carbocycles. The molecule has 1 aromatic heterocycles. The number of carboxylic acid groups (broad SMARTS) is 2. The van der Waals surface area contributed by atoms with E-state index in [-0.39, 0.29) is 12.8 Å². The van der Waals surface area contributed by atoms with Crippen molar-refractivity contribution in [3.05, 3.63) is 71.9 Å². The SMILES string of the molecule is NCCCC[C@@H](N)C(=O)N[C@@H](Cc1c[nH]c2ccccc12)C(=O)N[C@@H](Cc1ccccc1)C(=O)N[C@@H](CC(=O)O)C(=O)O. The molecule has 10 N–H and O–H groups in total. The fourth-order valence-electron chi connectivity index (χ4n) is 4.63. The van der Waals surface area contributed by atoms with E-state index in [1.165, 1.54) is 0 Å². The number of aromatic amines is 1. The summed E-state index contributed by atoms with van der Waals surface area (Å²) in [6.07, 6.45) is 2.60. The number of H-pyrrole nitrogens is 1. The summed E-state index contributed by atoms with van der Waals surface area (Å²) in [5, 5.41) is 26.9. The molecule has 230 valence electrons. The van der Waals surface area contributed by atoms with Gasteiger partial charge in [0.2, 0.25) is 17.7 Å². The minimum absolute atomic E-state index is 0.0236. The zero-order chi connectivity index (χ0) is 31.4. The van der Waals surface area contributed by atoms with Gasteiger partial charge in [0.15, 0.2) is 0 Å². The maximum atomic E-state index is 13.7. The minimum Gasteiger partial charge on any atom is -0.481 e. The summed E-state index contributed by atoms with van der Waals surface area (Å²) in [5.41, 5.74) is 13.9. The highest BCUT2D eigenvalue weighted by atomic mass is 16.4. The third kappa shape index (κ3) is 9.94. The van der Waals surface area contributed by atoms with Crippen molar-refractivity contribution in [2.75, 3.05) is 6.54 Å². The maximum Gasteiger partial charge on any atom is 0.326 e. The molecule has 4 atom stereocenters. The molecule has 2 aromatic carbocycles. The summed E-state index contributed by atoms with van der Waals surface area (Å²) >= 11 is 0. The first-order chi connectivity index (χ1) is 20.6. The van der Waals surface area contributed by atoms with Crippen molar-refractivity contribution in [3.63, 3.8) is 0 Å². The largest absolute Gasteiger partial charge is 0.481 e. The molecule has 0 aliphatic rings. The topological polar surface area (TPSA) is 230 Å². The van der Waals surface area contributed by atoms with E-state index in [0.717, 1.165) is 16.5 Å². The van der Waals surface area contributed by atoms with Gasteiger partial charge in [0, 0.05) is 29.9 Å². The van der Waals surface area contributed by atoms with Gasteiger partial charge in [-0.15, -0.1) is 0 Å². The Morgan fingerprint density at radius 1 is 0.767 bits per heavy atom. The van der Waals surface area contributed by atoms with Crippen LogP contribution < -0.4 is 27.4 Å². The second-order valence-corrected chi connectivity index (χ2v) is 10.3. The van der Waals surface area contributed by atoms with Crippen LogP contribution in [0.5, 0.6) is 0 Å². The first-order valence-electron chi connectivity index (χ1n) is 14.0. The Kier molecular flexibility index (Phi) is 12.2. The van der Waals surface area contributed by atoms with Crippen molar-refractivity contribution in [2.24, 2.45) is 11.5 Å². The number of hydrogen-bond donors (Lipinski definition) is 8. The number of rotatable bonds is 17. The fourth-order valence-corrected chi connectivity index (χ4v) is 4.63. The molecule has 0 aliphatic heterocycles. The van der Waals surface area contributed by atoms with Crippen LogP contribution in [0.3, 0.4) is 0 Å². The molecule has 0 unspecified atom stereocenters. The van der Waals surface area contributed by atoms with Gasteiger partial charge >= 0.3 is 11.9 Å². The zero-order valence-electron chi connectivity index (χ0n) is 23.6. The minimum atomic E-state index is -1.71. The number of carbonyl (C=O) groups excluding carboxylic acids is 3. The van der Waals surface area contributed by atoms with Gasteiger partial charge in [0.05, 0.1) is 12.5 Å². The van der Waals surface area contributed by atoms with Crippen molar-refractivity contribution in [1.82, 2.24) is 20.9 Å². The van der Waals surface area contributed by atoms with Crippen LogP contribution in [0.2, 0.25) is 0 Å². The Morgan fingerprint density at radius 2 is 1.37 bits per heavy atom. The van der Waals surface area contributed by atoms with Crippen molar-refractivity contribution in [1.29, 1.82) is 0 Å². The van der Waals surface area contributed by atoms with Crippen LogP contribution in [0.1, 0.15) is 36.8 Å². The van der Waals surface area contributed by atoms with Crippen LogP contribution in [0.25, 0.3) is 10.9 Å². The molecule has 3 aromatic rings. The number of amides is 3. The monoisotopic (exact) mass is 594 g/mol. The molecule has 0 fully saturated rings. The second-order valence-electron chi connectivity index (χ2n) is 10.3. The Balaban J connectivity index is 1.87. The van der Waals surface area contributed by atoms with Crippen molar-refractivity contribution in [3.8, 4) is 0 Å². The number of para-hydroxylation sites is 1. The van der Waals surface area contributed by atoms with Gasteiger partial charge in [-0.1, -0.05) is 55.0 Å². The van der Waals surface area contributed by atoms with Crippen LogP contribution in [-0.4, -0.2) is 75.6 Å². The smallest absolute Gasteiger partial charge is 0.326 e. The molecular weight excluding hydrogens is 556 g/mol. The molecule has 1 heterocycles. The summed E-state index contributed by atoms with van der Waals surface area (Å²) < 4.78 is 0. The van der Waals surface area contributed by atoms with E-state index in [1.54, 1.807) is 36.5 Å². The van der Waals surface area contributed by atoms with E-state index in [2.05, 4.69) is 20.9 Å². The van der Waals surface area contributed by atoms with Crippen molar-refractivity contribution in [2.45, 2.75) is 62.7 Å². The van der Waals surface area contributed by atoms with Gasteiger partial charge in [0.1, 0.15) is 18.1 Å². The number of nitrogens with two attached hydrogens (primary N) is 2. The highest BCUT2D eigenvalue weighted by Gasteiger charge is 2.31. The molecule has 0 bridgehead atoms. The van der Waals surface area contributed by atoms with Crippen LogP contribution >= 0.6 is 0 Å². The quantitative estimate of drug-likeness (QED) is 0.101. The highest BCUT2D eigenvalue weighted by molar-refractivity contribution is 5.95. The van der Waals surface area contributed by atoms with E-state index in [0.29, 0.717) is 31.4 Å². The molecule has 3 rings (SSSR count). The van der Waals surface area contributed by atoms with E-state index in [4.69, 9.17) is 16.6 Å². The van der Waals surface area contributed by atoms with Gasteiger partial charge < -0.3 is 42.6 Å². The summed E-state index contributed by atoms with van der Waals surface area (Å²) in [6, 6.07) is 11.1. The van der Waals surface area contributed by atoms with Gasteiger partial charge in [-0.25, -0.2) is 4.79 Å². The summed E-state index contributed by atoms with van der Waals surface area (Å²) in [5.74, 6) is -5.08. The number of aliphatic carboxylic acids is 2. The summed E-state index contributed by atoms with van der Waals surface area (Å²) in [6.45, 7) is 0.458. The van der Waals surface area contributed by atoms with Crippen LogP contribution in [0.4, 0.5) is 0 Å². The van der Waals surface area contributed by atoms with E-state index in [1.807, 2.05) is 24.3 Å². The normalized spacial score (nSPS) is 13.8. The predicted octanol–water partition coefficient (Wildman–Crippen LogP) is 0.423. The molecule has 13 nitrogen and oxygen atoms in total. The van der Waals surface area contributed by atoms with Gasteiger partial charge in [-0.3, -0.25) is 19.2 Å². The number of benzene rings is 2. The zero-order valence-corrected chi connectivity index (χ0v) is 23.6. The Labute approximate surface area is 248 Å². The lowest BCUT2D eigenvalue weighted by Crippen LogP contribution is -2.58. The van der Waals surface area contributed by atoms with E-state index < -0.39 is 60.2 Å². The van der Waals surface area contributed by atoms with Crippen molar-refractivity contribution >= 4 is 40.6 Å². The van der Waals surface area contributed by atoms with Crippen LogP contribution in [-0.2, 0) is 36.8 Å². The molecular formula is C30H38N6O7. The lowest BCUT2D eigenvalue weighted by Gasteiger charge is -2.25. The van der Waals surface area contributed by atoms with E-state index >= 15 is 0 Å². The average Bonchev–Trinajstić information content (AvgIpc) is 3.39. The number of hydrogen-bond acceptors (Lipinski definition) is 7. The summed E-state index contributed by atoms with van der Waals surface area (Å²) in [4.78, 5) is 65.9. The molecule has 3 amide bonds. The molecule has 0 spiro atoms. The number of carboxylic acids is 2. The maximum absolute atomic E-state index is 13.7. The first kappa shape index (κ1) is 32.8. The molecule has 0 aliphatic carbocycles. The number of unbranched alkanes of at least 4 members (excludes halogenated alkanes) is 1. The number of fused-ring (bicyclic) bond motifs is 1. The predicted molar refractivity (Wildman–Crippen MR) is 159 cm³/mol. The average molecular weight is 595 g/mol. The second kappa shape index (κ2) is 16.0. The molecule has 0 saturated heterocycles. The third-order valence-corrected chi connectivity index (χ3v) is 6.95. The van der Waals surface area contributed by atoms with Crippen LogP contribution in [0, 0.1) is 0 Å². The van der Waals surface area contributed by atoms with Crippen LogP contribution in [0.15, 0.2) is 60.8 Å². The Hall–Kier alpha value is -4.75. The molecule has 13 heteroatoms.